The zero-order valence-electron chi connectivity index (χ0n) is 12.5. The summed E-state index contributed by atoms with van der Waals surface area (Å²) in [5.74, 6) is -0.978. The lowest BCUT2D eigenvalue weighted by Gasteiger charge is -2.34. The first-order valence-electron chi connectivity index (χ1n) is 7.41. The molecule has 0 bridgehead atoms. The van der Waals surface area contributed by atoms with Crippen molar-refractivity contribution in [1.82, 2.24) is 4.90 Å². The third kappa shape index (κ3) is 3.84. The van der Waals surface area contributed by atoms with Crippen LogP contribution in [0.25, 0.3) is 0 Å². The molecule has 4 nitrogen and oxygen atoms in total. The van der Waals surface area contributed by atoms with Crippen LogP contribution in [0.15, 0.2) is 22.7 Å². The number of piperidine rings is 1. The van der Waals surface area contributed by atoms with Crippen molar-refractivity contribution in [3.63, 3.8) is 0 Å². The van der Waals surface area contributed by atoms with E-state index in [0.29, 0.717) is 12.2 Å². The number of benzene rings is 1. The van der Waals surface area contributed by atoms with E-state index in [1.54, 1.807) is 11.0 Å². The third-order valence-corrected chi connectivity index (χ3v) is 4.58. The molecule has 1 atom stereocenters. The van der Waals surface area contributed by atoms with E-state index < -0.39 is 11.8 Å². The molecule has 2 rings (SSSR count). The Morgan fingerprint density at radius 2 is 2.14 bits per heavy atom. The summed E-state index contributed by atoms with van der Waals surface area (Å²) >= 11 is 3.41. The van der Waals surface area contributed by atoms with Crippen molar-refractivity contribution in [3.8, 4) is 0 Å². The summed E-state index contributed by atoms with van der Waals surface area (Å²) in [4.78, 5) is 26.3. The molecule has 1 N–H and O–H groups in total. The maximum atomic E-state index is 12.3. The van der Waals surface area contributed by atoms with Crippen LogP contribution in [0.4, 0.5) is 5.69 Å². The fraction of sp³-hybridized carbons (Fsp3) is 0.500. The fourth-order valence-corrected chi connectivity index (χ4v) is 3.31. The number of carbonyl (C=O) groups excluding carboxylic acids is 2. The molecule has 114 valence electrons. The monoisotopic (exact) mass is 352 g/mol. The zero-order chi connectivity index (χ0) is 15.4. The van der Waals surface area contributed by atoms with Crippen LogP contribution < -0.4 is 5.32 Å². The average molecular weight is 353 g/mol. The highest BCUT2D eigenvalue weighted by Crippen LogP contribution is 2.24. The van der Waals surface area contributed by atoms with Crippen molar-refractivity contribution >= 4 is 33.4 Å². The summed E-state index contributed by atoms with van der Waals surface area (Å²) in [6, 6.07) is 5.81. The van der Waals surface area contributed by atoms with E-state index in [1.165, 1.54) is 0 Å². The molecule has 0 saturated carbocycles. The van der Waals surface area contributed by atoms with Crippen LogP contribution >= 0.6 is 15.9 Å². The normalized spacial score (nSPS) is 18.4. The van der Waals surface area contributed by atoms with E-state index in [1.807, 2.05) is 19.1 Å². The van der Waals surface area contributed by atoms with Gasteiger partial charge in [0, 0.05) is 17.1 Å². The standard InChI is InChI=1S/C16H21BrN2O2/c1-3-12-6-4-5-9-19(12)16(21)15(20)18-14-8-7-11(2)10-13(14)17/h7-8,10,12H,3-6,9H2,1-2H3,(H,18,20). The Bertz CT molecular complexity index is 545. The molecule has 0 aromatic heterocycles. The van der Waals surface area contributed by atoms with E-state index in [4.69, 9.17) is 0 Å². The van der Waals surface area contributed by atoms with Crippen molar-refractivity contribution < 1.29 is 9.59 Å². The molecule has 1 saturated heterocycles. The lowest BCUT2D eigenvalue weighted by atomic mass is 10.00. The van der Waals surface area contributed by atoms with Gasteiger partial charge in [-0.15, -0.1) is 0 Å². The number of carbonyl (C=O) groups is 2. The molecule has 1 aromatic carbocycles. The van der Waals surface area contributed by atoms with Gasteiger partial charge >= 0.3 is 11.8 Å². The summed E-state index contributed by atoms with van der Waals surface area (Å²) in [6.07, 6.45) is 3.99. The van der Waals surface area contributed by atoms with Crippen LogP contribution in [0.5, 0.6) is 0 Å². The number of anilines is 1. The highest BCUT2D eigenvalue weighted by atomic mass is 79.9. The first-order chi connectivity index (χ1) is 10.0. The summed E-state index contributed by atoms with van der Waals surface area (Å²) in [7, 11) is 0. The fourth-order valence-electron chi connectivity index (χ4n) is 2.72. The summed E-state index contributed by atoms with van der Waals surface area (Å²) in [6.45, 7) is 4.71. The molecule has 1 aliphatic heterocycles. The molecular weight excluding hydrogens is 332 g/mol. The van der Waals surface area contributed by atoms with Crippen LogP contribution in [0.1, 0.15) is 38.2 Å². The smallest absolute Gasteiger partial charge is 0.313 e. The molecule has 1 heterocycles. The predicted molar refractivity (Wildman–Crippen MR) is 87.2 cm³/mol. The maximum absolute atomic E-state index is 12.3. The minimum absolute atomic E-state index is 0.193. The lowest BCUT2D eigenvalue weighted by Crippen LogP contribution is -2.48. The van der Waals surface area contributed by atoms with Gasteiger partial charge in [0.25, 0.3) is 0 Å². The van der Waals surface area contributed by atoms with Crippen molar-refractivity contribution in [1.29, 1.82) is 0 Å². The largest absolute Gasteiger partial charge is 0.331 e. The topological polar surface area (TPSA) is 49.4 Å². The quantitative estimate of drug-likeness (QED) is 0.828. The number of rotatable bonds is 2. The minimum atomic E-state index is -0.556. The van der Waals surface area contributed by atoms with Crippen molar-refractivity contribution in [3.05, 3.63) is 28.2 Å². The van der Waals surface area contributed by atoms with Gasteiger partial charge in [0.2, 0.25) is 0 Å². The van der Waals surface area contributed by atoms with Crippen molar-refractivity contribution in [2.75, 3.05) is 11.9 Å². The Labute approximate surface area is 134 Å². The van der Waals surface area contributed by atoms with Crippen LogP contribution in [-0.2, 0) is 9.59 Å². The van der Waals surface area contributed by atoms with Gasteiger partial charge in [-0.25, -0.2) is 0 Å². The Morgan fingerprint density at radius 1 is 1.38 bits per heavy atom. The number of halogens is 1. The van der Waals surface area contributed by atoms with Gasteiger partial charge in [-0.05, 0) is 66.2 Å². The molecule has 2 amide bonds. The molecule has 0 aliphatic carbocycles. The van der Waals surface area contributed by atoms with Crippen LogP contribution in [0, 0.1) is 6.92 Å². The Balaban J connectivity index is 2.06. The third-order valence-electron chi connectivity index (χ3n) is 3.93. The average Bonchev–Trinajstić information content (AvgIpc) is 2.49. The van der Waals surface area contributed by atoms with Gasteiger partial charge in [-0.1, -0.05) is 13.0 Å². The van der Waals surface area contributed by atoms with Crippen LogP contribution in [-0.4, -0.2) is 29.3 Å². The second kappa shape index (κ2) is 7.07. The second-order valence-electron chi connectivity index (χ2n) is 5.49. The van der Waals surface area contributed by atoms with Crippen LogP contribution in [0.2, 0.25) is 0 Å². The molecular formula is C16H21BrN2O2. The SMILES string of the molecule is CCC1CCCCN1C(=O)C(=O)Nc1ccc(C)cc1Br. The van der Waals surface area contributed by atoms with E-state index in [0.717, 1.165) is 35.7 Å². The number of hydrogen-bond acceptors (Lipinski definition) is 2. The van der Waals surface area contributed by atoms with Gasteiger partial charge in [0.1, 0.15) is 0 Å². The highest BCUT2D eigenvalue weighted by molar-refractivity contribution is 9.10. The highest BCUT2D eigenvalue weighted by Gasteiger charge is 2.29. The van der Waals surface area contributed by atoms with E-state index in [2.05, 4.69) is 28.2 Å². The number of amides is 2. The van der Waals surface area contributed by atoms with Gasteiger partial charge in [0.05, 0.1) is 5.69 Å². The van der Waals surface area contributed by atoms with Crippen LogP contribution in [0.3, 0.4) is 0 Å². The number of nitrogens with zero attached hydrogens (tertiary/aromatic N) is 1. The summed E-state index contributed by atoms with van der Waals surface area (Å²) in [5, 5.41) is 2.70. The van der Waals surface area contributed by atoms with E-state index in [9.17, 15) is 9.59 Å². The Hall–Kier alpha value is -1.36. The second-order valence-corrected chi connectivity index (χ2v) is 6.35. The zero-order valence-corrected chi connectivity index (χ0v) is 14.1. The first kappa shape index (κ1) is 16.0. The Morgan fingerprint density at radius 3 is 2.81 bits per heavy atom. The number of likely N-dealkylation sites (tertiary alicyclic amines) is 1. The summed E-state index contributed by atoms with van der Waals surface area (Å²) in [5.41, 5.74) is 1.72. The molecule has 1 aromatic rings. The molecule has 21 heavy (non-hydrogen) atoms. The maximum Gasteiger partial charge on any atom is 0.313 e. The van der Waals surface area contributed by atoms with Gasteiger partial charge in [-0.3, -0.25) is 9.59 Å². The van der Waals surface area contributed by atoms with Gasteiger partial charge in [0.15, 0.2) is 0 Å². The lowest BCUT2D eigenvalue weighted by molar-refractivity contribution is -0.145. The van der Waals surface area contributed by atoms with E-state index in [-0.39, 0.29) is 6.04 Å². The van der Waals surface area contributed by atoms with E-state index >= 15 is 0 Å². The first-order valence-corrected chi connectivity index (χ1v) is 8.20. The molecule has 0 radical (unpaired) electrons. The van der Waals surface area contributed by atoms with Gasteiger partial charge in [-0.2, -0.15) is 0 Å². The summed E-state index contributed by atoms with van der Waals surface area (Å²) < 4.78 is 0.786. The molecule has 1 unspecified atom stereocenters. The Kier molecular flexibility index (Phi) is 5.39. The van der Waals surface area contributed by atoms with Gasteiger partial charge < -0.3 is 10.2 Å². The molecule has 5 heteroatoms. The van der Waals surface area contributed by atoms with Crippen molar-refractivity contribution in [2.24, 2.45) is 0 Å². The predicted octanol–water partition coefficient (Wildman–Crippen LogP) is 3.49. The molecule has 0 spiro atoms. The number of nitrogens with one attached hydrogen (secondary N) is 1. The number of aryl methyl sites for hydroxylation is 1. The number of hydrogen-bond donors (Lipinski definition) is 1. The molecule has 1 aliphatic rings. The minimum Gasteiger partial charge on any atom is -0.331 e. The molecule has 1 fully saturated rings. The van der Waals surface area contributed by atoms with Crippen molar-refractivity contribution in [2.45, 2.75) is 45.6 Å².